The average molecular weight is 210 g/mol. The van der Waals surface area contributed by atoms with Crippen LogP contribution in [0.25, 0.3) is 0 Å². The van der Waals surface area contributed by atoms with Gasteiger partial charge >= 0.3 is 0 Å². The number of hydrogen-bond acceptors (Lipinski definition) is 2. The van der Waals surface area contributed by atoms with Gasteiger partial charge in [-0.25, -0.2) is 0 Å². The first-order valence-electron chi connectivity index (χ1n) is 6.79. The molecule has 15 heavy (non-hydrogen) atoms. The van der Waals surface area contributed by atoms with Crippen LogP contribution in [0.3, 0.4) is 0 Å². The second kappa shape index (κ2) is 4.84. The lowest BCUT2D eigenvalue weighted by Crippen LogP contribution is -2.49. The molecule has 0 saturated carbocycles. The van der Waals surface area contributed by atoms with Crippen molar-refractivity contribution in [1.29, 1.82) is 0 Å². The lowest BCUT2D eigenvalue weighted by Gasteiger charge is -2.34. The zero-order chi connectivity index (χ0) is 10.7. The maximum Gasteiger partial charge on any atom is 0.0335 e. The van der Waals surface area contributed by atoms with Gasteiger partial charge in [-0.15, -0.1) is 0 Å². The molecule has 0 aromatic rings. The normalized spacial score (nSPS) is 25.0. The summed E-state index contributed by atoms with van der Waals surface area (Å²) in [6.45, 7) is 8.52. The number of nitrogens with zero attached hydrogens (tertiary/aromatic N) is 1. The SMILES string of the molecule is CCC(CC)NCC12CCCN1CCC2. The van der Waals surface area contributed by atoms with Crippen LogP contribution in [0.5, 0.6) is 0 Å². The van der Waals surface area contributed by atoms with E-state index in [1.807, 2.05) is 0 Å². The Morgan fingerprint density at radius 1 is 1.13 bits per heavy atom. The van der Waals surface area contributed by atoms with Gasteiger partial charge in [-0.1, -0.05) is 13.8 Å². The van der Waals surface area contributed by atoms with Crippen LogP contribution in [-0.4, -0.2) is 36.1 Å². The van der Waals surface area contributed by atoms with Gasteiger partial charge < -0.3 is 5.32 Å². The highest BCUT2D eigenvalue weighted by molar-refractivity contribution is 5.01. The van der Waals surface area contributed by atoms with Crippen molar-refractivity contribution >= 4 is 0 Å². The summed E-state index contributed by atoms with van der Waals surface area (Å²) in [6.07, 6.45) is 8.24. The Kier molecular flexibility index (Phi) is 3.68. The third-order valence-corrected chi connectivity index (χ3v) is 4.52. The molecule has 1 N–H and O–H groups in total. The Morgan fingerprint density at radius 2 is 1.73 bits per heavy atom. The number of hydrogen-bond donors (Lipinski definition) is 1. The van der Waals surface area contributed by atoms with Crippen molar-refractivity contribution in [3.8, 4) is 0 Å². The van der Waals surface area contributed by atoms with Crippen LogP contribution in [0.2, 0.25) is 0 Å². The minimum absolute atomic E-state index is 0.558. The summed E-state index contributed by atoms with van der Waals surface area (Å²) in [6, 6.07) is 0.738. The van der Waals surface area contributed by atoms with E-state index in [1.165, 1.54) is 58.2 Å². The topological polar surface area (TPSA) is 15.3 Å². The van der Waals surface area contributed by atoms with Gasteiger partial charge in [0.25, 0.3) is 0 Å². The molecule has 2 aliphatic heterocycles. The molecule has 2 heteroatoms. The second-order valence-corrected chi connectivity index (χ2v) is 5.31. The fourth-order valence-corrected chi connectivity index (χ4v) is 3.43. The molecule has 0 bridgehead atoms. The summed E-state index contributed by atoms with van der Waals surface area (Å²) >= 11 is 0. The molecule has 0 radical (unpaired) electrons. The van der Waals surface area contributed by atoms with Crippen LogP contribution in [-0.2, 0) is 0 Å². The molecule has 2 aliphatic rings. The van der Waals surface area contributed by atoms with Crippen LogP contribution in [0, 0.1) is 0 Å². The van der Waals surface area contributed by atoms with Gasteiger partial charge in [0.1, 0.15) is 0 Å². The van der Waals surface area contributed by atoms with Crippen molar-refractivity contribution in [2.45, 2.75) is 64.0 Å². The molecule has 0 atom stereocenters. The molecule has 2 saturated heterocycles. The molecule has 2 rings (SSSR count). The van der Waals surface area contributed by atoms with Gasteiger partial charge in [-0.2, -0.15) is 0 Å². The molecule has 0 aliphatic carbocycles. The third-order valence-electron chi connectivity index (χ3n) is 4.52. The van der Waals surface area contributed by atoms with Crippen molar-refractivity contribution in [3.05, 3.63) is 0 Å². The van der Waals surface area contributed by atoms with Gasteiger partial charge in [-0.05, 0) is 51.6 Å². The Labute approximate surface area is 94.4 Å². The van der Waals surface area contributed by atoms with Gasteiger partial charge in [0.2, 0.25) is 0 Å². The van der Waals surface area contributed by atoms with Crippen LogP contribution in [0.1, 0.15) is 52.4 Å². The molecule has 0 aromatic heterocycles. The lowest BCUT2D eigenvalue weighted by molar-refractivity contribution is 0.183. The number of nitrogens with one attached hydrogen (secondary N) is 1. The van der Waals surface area contributed by atoms with Gasteiger partial charge in [0, 0.05) is 18.1 Å². The minimum Gasteiger partial charge on any atom is -0.312 e. The van der Waals surface area contributed by atoms with E-state index < -0.39 is 0 Å². The third kappa shape index (κ3) is 2.21. The zero-order valence-corrected chi connectivity index (χ0v) is 10.4. The standard InChI is InChI=1S/C13H26N2/c1-3-12(4-2)14-11-13-7-5-9-15(13)10-6-8-13/h12,14H,3-11H2,1-2H3. The first-order chi connectivity index (χ1) is 7.30. The summed E-state index contributed by atoms with van der Waals surface area (Å²) in [5.74, 6) is 0. The fraction of sp³-hybridized carbons (Fsp3) is 1.00. The van der Waals surface area contributed by atoms with Crippen molar-refractivity contribution in [2.24, 2.45) is 0 Å². The first kappa shape index (κ1) is 11.4. The Bertz CT molecular complexity index is 189. The van der Waals surface area contributed by atoms with Crippen LogP contribution >= 0.6 is 0 Å². The van der Waals surface area contributed by atoms with E-state index in [9.17, 15) is 0 Å². The molecule has 0 aromatic carbocycles. The fourth-order valence-electron chi connectivity index (χ4n) is 3.43. The van der Waals surface area contributed by atoms with Crippen molar-refractivity contribution in [1.82, 2.24) is 10.2 Å². The van der Waals surface area contributed by atoms with E-state index >= 15 is 0 Å². The van der Waals surface area contributed by atoms with Crippen molar-refractivity contribution < 1.29 is 0 Å². The monoisotopic (exact) mass is 210 g/mol. The van der Waals surface area contributed by atoms with Crippen molar-refractivity contribution in [2.75, 3.05) is 19.6 Å². The second-order valence-electron chi connectivity index (χ2n) is 5.31. The first-order valence-corrected chi connectivity index (χ1v) is 6.79. The average Bonchev–Trinajstić information content (AvgIpc) is 2.78. The highest BCUT2D eigenvalue weighted by Gasteiger charge is 2.43. The summed E-state index contributed by atoms with van der Waals surface area (Å²) in [5, 5.41) is 3.78. The quantitative estimate of drug-likeness (QED) is 0.749. The zero-order valence-electron chi connectivity index (χ0n) is 10.4. The smallest absolute Gasteiger partial charge is 0.0335 e. The molecule has 2 fully saturated rings. The van der Waals surface area contributed by atoms with Gasteiger partial charge in [-0.3, -0.25) is 4.90 Å². The van der Waals surface area contributed by atoms with E-state index in [0.717, 1.165) is 6.04 Å². The summed E-state index contributed by atoms with van der Waals surface area (Å²) < 4.78 is 0. The van der Waals surface area contributed by atoms with Crippen LogP contribution in [0.4, 0.5) is 0 Å². The summed E-state index contributed by atoms with van der Waals surface area (Å²) in [4.78, 5) is 2.74. The van der Waals surface area contributed by atoms with Crippen LogP contribution in [0.15, 0.2) is 0 Å². The maximum absolute atomic E-state index is 3.78. The van der Waals surface area contributed by atoms with E-state index in [2.05, 4.69) is 24.1 Å². The molecule has 0 spiro atoms. The Balaban J connectivity index is 1.87. The summed E-state index contributed by atoms with van der Waals surface area (Å²) in [5.41, 5.74) is 0.558. The van der Waals surface area contributed by atoms with Gasteiger partial charge in [0.15, 0.2) is 0 Å². The molecule has 88 valence electrons. The Hall–Kier alpha value is -0.0800. The van der Waals surface area contributed by atoms with E-state index in [4.69, 9.17) is 0 Å². The number of rotatable bonds is 5. The lowest BCUT2D eigenvalue weighted by atomic mass is 9.93. The van der Waals surface area contributed by atoms with E-state index in [0.29, 0.717) is 5.54 Å². The highest BCUT2D eigenvalue weighted by atomic mass is 15.3. The van der Waals surface area contributed by atoms with Crippen LogP contribution < -0.4 is 5.32 Å². The number of fused-ring (bicyclic) bond motifs is 1. The molecule has 2 heterocycles. The molecule has 2 nitrogen and oxygen atoms in total. The Morgan fingerprint density at radius 3 is 2.27 bits per heavy atom. The predicted octanol–water partition coefficient (Wildman–Crippen LogP) is 2.39. The minimum atomic E-state index is 0.558. The molecule has 0 unspecified atom stereocenters. The largest absolute Gasteiger partial charge is 0.312 e. The van der Waals surface area contributed by atoms with E-state index in [-0.39, 0.29) is 0 Å². The summed E-state index contributed by atoms with van der Waals surface area (Å²) in [7, 11) is 0. The van der Waals surface area contributed by atoms with Crippen molar-refractivity contribution in [3.63, 3.8) is 0 Å². The molecular weight excluding hydrogens is 184 g/mol. The van der Waals surface area contributed by atoms with Gasteiger partial charge in [0.05, 0.1) is 0 Å². The van der Waals surface area contributed by atoms with E-state index in [1.54, 1.807) is 0 Å². The molecular formula is C13H26N2. The molecule has 0 amide bonds. The highest BCUT2D eigenvalue weighted by Crippen LogP contribution is 2.38. The maximum atomic E-state index is 3.78. The predicted molar refractivity (Wildman–Crippen MR) is 65.1 cm³/mol.